The molecule has 0 aromatic heterocycles. The molecule has 0 spiro atoms. The second-order valence-electron chi connectivity index (χ2n) is 5.11. The molecular formula is C16H22N2O. The molecule has 0 bridgehead atoms. The van der Waals surface area contributed by atoms with E-state index < -0.39 is 0 Å². The molecular weight excluding hydrogens is 236 g/mol. The molecule has 3 N–H and O–H groups in total. The van der Waals surface area contributed by atoms with Gasteiger partial charge in [0, 0.05) is 25.3 Å². The van der Waals surface area contributed by atoms with Crippen molar-refractivity contribution in [3.8, 4) is 11.8 Å². The summed E-state index contributed by atoms with van der Waals surface area (Å²) < 4.78 is 0. The average Bonchev–Trinajstić information content (AvgIpc) is 2.85. The third kappa shape index (κ3) is 4.36. The van der Waals surface area contributed by atoms with Gasteiger partial charge in [-0.25, -0.2) is 0 Å². The molecule has 1 aliphatic heterocycles. The summed E-state index contributed by atoms with van der Waals surface area (Å²) in [5, 5.41) is 8.98. The molecule has 19 heavy (non-hydrogen) atoms. The van der Waals surface area contributed by atoms with E-state index in [1.807, 2.05) is 6.07 Å². The van der Waals surface area contributed by atoms with Crippen LogP contribution >= 0.6 is 0 Å². The van der Waals surface area contributed by atoms with Gasteiger partial charge in [-0.15, -0.1) is 0 Å². The molecule has 1 saturated heterocycles. The summed E-state index contributed by atoms with van der Waals surface area (Å²) in [6.07, 6.45) is 2.13. The maximum absolute atomic E-state index is 8.98. The quantitative estimate of drug-likeness (QED) is 0.798. The first-order valence-electron chi connectivity index (χ1n) is 6.93. The molecule has 0 amide bonds. The van der Waals surface area contributed by atoms with Crippen LogP contribution in [0.1, 0.15) is 24.0 Å². The van der Waals surface area contributed by atoms with Gasteiger partial charge in [-0.3, -0.25) is 4.90 Å². The lowest BCUT2D eigenvalue weighted by molar-refractivity contribution is 0.249. The van der Waals surface area contributed by atoms with Crippen molar-refractivity contribution < 1.29 is 5.11 Å². The number of aliphatic hydroxyl groups excluding tert-OH is 1. The molecule has 2 rings (SSSR count). The van der Waals surface area contributed by atoms with E-state index >= 15 is 0 Å². The topological polar surface area (TPSA) is 49.5 Å². The first kappa shape index (κ1) is 14.1. The van der Waals surface area contributed by atoms with E-state index in [-0.39, 0.29) is 0 Å². The highest BCUT2D eigenvalue weighted by atomic mass is 16.3. The molecule has 0 aliphatic carbocycles. The molecule has 0 radical (unpaired) electrons. The fourth-order valence-electron chi connectivity index (χ4n) is 2.63. The Balaban J connectivity index is 1.92. The summed E-state index contributed by atoms with van der Waals surface area (Å²) in [7, 11) is 0. The molecule has 1 heterocycles. The van der Waals surface area contributed by atoms with Crippen molar-refractivity contribution >= 4 is 0 Å². The Morgan fingerprint density at radius 3 is 3.11 bits per heavy atom. The van der Waals surface area contributed by atoms with E-state index in [4.69, 9.17) is 10.8 Å². The first-order chi connectivity index (χ1) is 9.31. The molecule has 1 aromatic rings. The molecule has 1 unspecified atom stereocenters. The maximum atomic E-state index is 8.98. The summed E-state index contributed by atoms with van der Waals surface area (Å²) in [6.45, 7) is 3.91. The Labute approximate surface area is 115 Å². The van der Waals surface area contributed by atoms with E-state index in [0.29, 0.717) is 19.1 Å². The van der Waals surface area contributed by atoms with Crippen LogP contribution in [0.25, 0.3) is 0 Å². The Bertz CT molecular complexity index is 461. The van der Waals surface area contributed by atoms with Gasteiger partial charge in [0.25, 0.3) is 0 Å². The molecule has 1 atom stereocenters. The number of likely N-dealkylation sites (tertiary alicyclic amines) is 1. The first-order valence-corrected chi connectivity index (χ1v) is 6.93. The van der Waals surface area contributed by atoms with Gasteiger partial charge in [0.1, 0.15) is 0 Å². The van der Waals surface area contributed by atoms with Crippen molar-refractivity contribution in [3.63, 3.8) is 0 Å². The average molecular weight is 258 g/mol. The fraction of sp³-hybridized carbons (Fsp3) is 0.500. The van der Waals surface area contributed by atoms with Crippen LogP contribution in [-0.4, -0.2) is 36.2 Å². The minimum atomic E-state index is 0.308. The van der Waals surface area contributed by atoms with Crippen LogP contribution in [0.5, 0.6) is 0 Å². The zero-order valence-corrected chi connectivity index (χ0v) is 11.3. The molecule has 102 valence electrons. The molecule has 3 nitrogen and oxygen atoms in total. The van der Waals surface area contributed by atoms with Crippen molar-refractivity contribution in [1.82, 2.24) is 4.90 Å². The minimum absolute atomic E-state index is 0.308. The molecule has 1 fully saturated rings. The standard InChI is InChI=1S/C16H22N2O/c17-8-2-5-14-3-1-4-16(11-14)13-18-9-6-15(12-18)7-10-19/h1,3-4,11,15,19H,6-10,12-13,17H2. The number of nitrogens with two attached hydrogens (primary N) is 1. The van der Waals surface area contributed by atoms with Crippen LogP contribution < -0.4 is 5.73 Å². The Hall–Kier alpha value is -1.34. The lowest BCUT2D eigenvalue weighted by atomic mass is 10.1. The van der Waals surface area contributed by atoms with Crippen molar-refractivity contribution in [2.24, 2.45) is 11.7 Å². The minimum Gasteiger partial charge on any atom is -0.396 e. The highest BCUT2D eigenvalue weighted by Crippen LogP contribution is 2.21. The highest BCUT2D eigenvalue weighted by Gasteiger charge is 2.21. The van der Waals surface area contributed by atoms with Crippen molar-refractivity contribution in [3.05, 3.63) is 35.4 Å². The molecule has 1 aliphatic rings. The summed E-state index contributed by atoms with van der Waals surface area (Å²) in [5.41, 5.74) is 7.72. The zero-order valence-electron chi connectivity index (χ0n) is 11.3. The number of hydrogen-bond donors (Lipinski definition) is 2. The lowest BCUT2D eigenvalue weighted by Gasteiger charge is -2.16. The van der Waals surface area contributed by atoms with Crippen LogP contribution in [-0.2, 0) is 6.54 Å². The largest absolute Gasteiger partial charge is 0.396 e. The maximum Gasteiger partial charge on any atom is 0.0555 e. The van der Waals surface area contributed by atoms with E-state index in [9.17, 15) is 0 Å². The van der Waals surface area contributed by atoms with Gasteiger partial charge in [-0.05, 0) is 43.0 Å². The fourth-order valence-corrected chi connectivity index (χ4v) is 2.63. The molecule has 3 heteroatoms. The van der Waals surface area contributed by atoms with Gasteiger partial charge in [0.15, 0.2) is 0 Å². The van der Waals surface area contributed by atoms with Crippen molar-refractivity contribution in [2.75, 3.05) is 26.2 Å². The smallest absolute Gasteiger partial charge is 0.0555 e. The normalized spacial score (nSPS) is 19.2. The molecule has 1 aromatic carbocycles. The van der Waals surface area contributed by atoms with Gasteiger partial charge in [-0.2, -0.15) is 0 Å². The zero-order chi connectivity index (χ0) is 13.5. The monoisotopic (exact) mass is 258 g/mol. The number of rotatable bonds is 4. The number of hydrogen-bond acceptors (Lipinski definition) is 3. The number of benzene rings is 1. The van der Waals surface area contributed by atoms with Gasteiger partial charge >= 0.3 is 0 Å². The van der Waals surface area contributed by atoms with Crippen LogP contribution in [0.15, 0.2) is 24.3 Å². The lowest BCUT2D eigenvalue weighted by Crippen LogP contribution is -2.20. The third-order valence-corrected chi connectivity index (χ3v) is 3.58. The summed E-state index contributed by atoms with van der Waals surface area (Å²) in [6, 6.07) is 8.36. The summed E-state index contributed by atoms with van der Waals surface area (Å²) in [5.74, 6) is 6.62. The van der Waals surface area contributed by atoms with Crippen LogP contribution in [0.2, 0.25) is 0 Å². The second-order valence-corrected chi connectivity index (χ2v) is 5.11. The van der Waals surface area contributed by atoms with Gasteiger partial charge in [0.05, 0.1) is 6.54 Å². The van der Waals surface area contributed by atoms with Crippen LogP contribution in [0.4, 0.5) is 0 Å². The van der Waals surface area contributed by atoms with E-state index in [0.717, 1.165) is 31.6 Å². The van der Waals surface area contributed by atoms with Gasteiger partial charge < -0.3 is 10.8 Å². The van der Waals surface area contributed by atoms with Gasteiger partial charge in [-0.1, -0.05) is 24.0 Å². The second kappa shape index (κ2) is 7.30. The van der Waals surface area contributed by atoms with Crippen molar-refractivity contribution in [2.45, 2.75) is 19.4 Å². The Morgan fingerprint density at radius 2 is 2.32 bits per heavy atom. The number of nitrogens with zero attached hydrogens (tertiary/aromatic N) is 1. The van der Waals surface area contributed by atoms with E-state index in [1.54, 1.807) is 0 Å². The predicted molar refractivity (Wildman–Crippen MR) is 77.5 cm³/mol. The Kier molecular flexibility index (Phi) is 5.41. The third-order valence-electron chi connectivity index (χ3n) is 3.58. The highest BCUT2D eigenvalue weighted by molar-refractivity contribution is 5.37. The van der Waals surface area contributed by atoms with Crippen molar-refractivity contribution in [1.29, 1.82) is 0 Å². The van der Waals surface area contributed by atoms with E-state index in [2.05, 4.69) is 34.9 Å². The Morgan fingerprint density at radius 1 is 1.42 bits per heavy atom. The number of aliphatic hydroxyl groups is 1. The van der Waals surface area contributed by atoms with E-state index in [1.165, 1.54) is 12.0 Å². The van der Waals surface area contributed by atoms with Crippen LogP contribution in [0.3, 0.4) is 0 Å². The van der Waals surface area contributed by atoms with Gasteiger partial charge in [0.2, 0.25) is 0 Å². The summed E-state index contributed by atoms with van der Waals surface area (Å²) in [4.78, 5) is 2.45. The predicted octanol–water partition coefficient (Wildman–Crippen LogP) is 1.20. The molecule has 0 saturated carbocycles. The SMILES string of the molecule is NCC#Cc1cccc(CN2CCC(CCO)C2)c1. The summed E-state index contributed by atoms with van der Waals surface area (Å²) >= 11 is 0. The van der Waals surface area contributed by atoms with Crippen LogP contribution in [0, 0.1) is 17.8 Å².